The van der Waals surface area contributed by atoms with Crippen molar-refractivity contribution in [2.24, 2.45) is 5.92 Å². The van der Waals surface area contributed by atoms with E-state index in [4.69, 9.17) is 9.47 Å². The van der Waals surface area contributed by atoms with Crippen molar-refractivity contribution < 1.29 is 19.1 Å². The molecule has 0 N–H and O–H groups in total. The molecule has 1 fully saturated rings. The number of likely N-dealkylation sites (tertiary alicyclic amines) is 1. The molecule has 130 valence electrons. The SMILES string of the molecule is CCOC(=O)C1CN(CC2CCc3ccc(OC)cc32)CCC1=O. The second kappa shape index (κ2) is 7.34. The maximum atomic E-state index is 12.0. The number of carbonyl (C=O) groups is 2. The van der Waals surface area contributed by atoms with Crippen LogP contribution in [-0.2, 0) is 20.7 Å². The van der Waals surface area contributed by atoms with Gasteiger partial charge < -0.3 is 14.4 Å². The van der Waals surface area contributed by atoms with Crippen LogP contribution in [0.25, 0.3) is 0 Å². The lowest BCUT2D eigenvalue weighted by Crippen LogP contribution is -2.46. The van der Waals surface area contributed by atoms with Crippen LogP contribution in [-0.4, -0.2) is 50.0 Å². The maximum Gasteiger partial charge on any atom is 0.317 e. The second-order valence-corrected chi connectivity index (χ2v) is 6.58. The van der Waals surface area contributed by atoms with Crippen LogP contribution in [0.2, 0.25) is 0 Å². The molecular weight excluding hydrogens is 306 g/mol. The van der Waals surface area contributed by atoms with Crippen molar-refractivity contribution in [1.29, 1.82) is 0 Å². The number of ether oxygens (including phenoxy) is 2. The molecule has 2 atom stereocenters. The third-order valence-corrected chi connectivity index (χ3v) is 5.11. The van der Waals surface area contributed by atoms with E-state index in [2.05, 4.69) is 17.0 Å². The fraction of sp³-hybridized carbons (Fsp3) is 0.579. The lowest BCUT2D eigenvalue weighted by molar-refractivity contribution is -0.154. The Labute approximate surface area is 142 Å². The van der Waals surface area contributed by atoms with Crippen molar-refractivity contribution in [2.45, 2.75) is 32.1 Å². The van der Waals surface area contributed by atoms with Gasteiger partial charge in [0.05, 0.1) is 13.7 Å². The summed E-state index contributed by atoms with van der Waals surface area (Å²) in [5.74, 6) is 0.341. The van der Waals surface area contributed by atoms with Crippen LogP contribution >= 0.6 is 0 Å². The van der Waals surface area contributed by atoms with Crippen LogP contribution in [0.1, 0.15) is 36.8 Å². The summed E-state index contributed by atoms with van der Waals surface area (Å²) in [6, 6.07) is 6.29. The van der Waals surface area contributed by atoms with Crippen molar-refractivity contribution in [3.8, 4) is 5.75 Å². The zero-order valence-corrected chi connectivity index (χ0v) is 14.4. The standard InChI is InChI=1S/C19H25NO4/c1-3-24-19(22)17-12-20(9-8-18(17)21)11-14-5-4-13-6-7-15(23-2)10-16(13)14/h6-7,10,14,17H,3-5,8-9,11-12H2,1-2H3. The molecule has 24 heavy (non-hydrogen) atoms. The minimum absolute atomic E-state index is 0.0122. The summed E-state index contributed by atoms with van der Waals surface area (Å²) >= 11 is 0. The van der Waals surface area contributed by atoms with E-state index in [0.717, 1.165) is 31.7 Å². The van der Waals surface area contributed by atoms with Crippen molar-refractivity contribution in [2.75, 3.05) is 33.4 Å². The number of carbonyl (C=O) groups excluding carboxylic acids is 2. The summed E-state index contributed by atoms with van der Waals surface area (Å²) < 4.78 is 10.4. The van der Waals surface area contributed by atoms with Gasteiger partial charge in [0.15, 0.2) is 0 Å². The molecule has 0 bridgehead atoms. The van der Waals surface area contributed by atoms with Crippen LogP contribution in [0.3, 0.4) is 0 Å². The molecule has 5 nitrogen and oxygen atoms in total. The Kier molecular flexibility index (Phi) is 5.19. The molecule has 5 heteroatoms. The summed E-state index contributed by atoms with van der Waals surface area (Å²) in [6.45, 7) is 4.17. The molecule has 1 aromatic carbocycles. The lowest BCUT2D eigenvalue weighted by atomic mass is 9.94. The zero-order chi connectivity index (χ0) is 17.1. The highest BCUT2D eigenvalue weighted by atomic mass is 16.5. The fourth-order valence-electron chi connectivity index (χ4n) is 3.80. The quantitative estimate of drug-likeness (QED) is 0.611. The number of Topliss-reactive ketones (excluding diaryl/α,β-unsaturated/α-hetero) is 1. The van der Waals surface area contributed by atoms with E-state index in [9.17, 15) is 9.59 Å². The van der Waals surface area contributed by atoms with Gasteiger partial charge in [-0.05, 0) is 48.9 Å². The van der Waals surface area contributed by atoms with E-state index in [1.54, 1.807) is 14.0 Å². The molecule has 1 saturated heterocycles. The summed E-state index contributed by atoms with van der Waals surface area (Å²) in [5, 5.41) is 0. The predicted octanol–water partition coefficient (Wildman–Crippen LogP) is 2.18. The minimum Gasteiger partial charge on any atom is -0.497 e. The van der Waals surface area contributed by atoms with Gasteiger partial charge in [-0.25, -0.2) is 0 Å². The van der Waals surface area contributed by atoms with Crippen LogP contribution < -0.4 is 4.74 Å². The van der Waals surface area contributed by atoms with Gasteiger partial charge in [-0.2, -0.15) is 0 Å². The Morgan fingerprint density at radius 2 is 2.17 bits per heavy atom. The largest absolute Gasteiger partial charge is 0.497 e. The molecular formula is C19H25NO4. The number of benzene rings is 1. The molecule has 2 aliphatic rings. The molecule has 1 aliphatic heterocycles. The summed E-state index contributed by atoms with van der Waals surface area (Å²) in [6.07, 6.45) is 2.62. The maximum absolute atomic E-state index is 12.0. The van der Waals surface area contributed by atoms with E-state index >= 15 is 0 Å². The van der Waals surface area contributed by atoms with Crippen LogP contribution in [0, 0.1) is 5.92 Å². The molecule has 0 saturated carbocycles. The molecule has 0 radical (unpaired) electrons. The number of rotatable bonds is 5. The summed E-state index contributed by atoms with van der Waals surface area (Å²) in [5.41, 5.74) is 2.73. The van der Waals surface area contributed by atoms with Crippen LogP contribution in [0.15, 0.2) is 18.2 Å². The Morgan fingerprint density at radius 3 is 2.92 bits per heavy atom. The molecule has 0 amide bonds. The molecule has 0 aromatic heterocycles. The number of aryl methyl sites for hydroxylation is 1. The zero-order valence-electron chi connectivity index (χ0n) is 14.4. The van der Waals surface area contributed by atoms with E-state index in [0.29, 0.717) is 25.5 Å². The van der Waals surface area contributed by atoms with Gasteiger partial charge >= 0.3 is 5.97 Å². The molecule has 3 rings (SSSR count). The molecule has 1 heterocycles. The van der Waals surface area contributed by atoms with E-state index in [1.165, 1.54) is 11.1 Å². The first-order valence-corrected chi connectivity index (χ1v) is 8.71. The van der Waals surface area contributed by atoms with Gasteiger partial charge in [-0.15, -0.1) is 0 Å². The van der Waals surface area contributed by atoms with Gasteiger partial charge in [0.25, 0.3) is 0 Å². The first-order chi connectivity index (χ1) is 11.6. The molecule has 2 unspecified atom stereocenters. The van der Waals surface area contributed by atoms with Gasteiger partial charge in [0, 0.05) is 26.1 Å². The lowest BCUT2D eigenvalue weighted by Gasteiger charge is -2.32. The number of fused-ring (bicyclic) bond motifs is 1. The summed E-state index contributed by atoms with van der Waals surface area (Å²) in [4.78, 5) is 26.3. The third kappa shape index (κ3) is 3.46. The van der Waals surface area contributed by atoms with Crippen LogP contribution in [0.4, 0.5) is 0 Å². The Morgan fingerprint density at radius 1 is 1.33 bits per heavy atom. The number of hydrogen-bond donors (Lipinski definition) is 0. The molecule has 1 aliphatic carbocycles. The minimum atomic E-state index is -0.620. The highest BCUT2D eigenvalue weighted by Gasteiger charge is 2.35. The number of hydrogen-bond acceptors (Lipinski definition) is 5. The predicted molar refractivity (Wildman–Crippen MR) is 90.2 cm³/mol. The highest BCUT2D eigenvalue weighted by Crippen LogP contribution is 2.36. The Balaban J connectivity index is 1.67. The monoisotopic (exact) mass is 331 g/mol. The Hall–Kier alpha value is -1.88. The number of methoxy groups -OCH3 is 1. The third-order valence-electron chi connectivity index (χ3n) is 5.11. The first kappa shape index (κ1) is 17.0. The molecule has 0 spiro atoms. The summed E-state index contributed by atoms with van der Waals surface area (Å²) in [7, 11) is 1.69. The first-order valence-electron chi connectivity index (χ1n) is 8.71. The average molecular weight is 331 g/mol. The van der Waals surface area contributed by atoms with Crippen molar-refractivity contribution in [3.63, 3.8) is 0 Å². The topological polar surface area (TPSA) is 55.8 Å². The molecule has 1 aromatic rings. The Bertz CT molecular complexity index is 628. The van der Waals surface area contributed by atoms with Gasteiger partial charge in [-0.1, -0.05) is 6.07 Å². The number of nitrogens with zero attached hydrogens (tertiary/aromatic N) is 1. The van der Waals surface area contributed by atoms with Gasteiger partial charge in [-0.3, -0.25) is 9.59 Å². The van der Waals surface area contributed by atoms with Gasteiger partial charge in [0.1, 0.15) is 17.5 Å². The fourth-order valence-corrected chi connectivity index (χ4v) is 3.80. The van der Waals surface area contributed by atoms with E-state index < -0.39 is 5.92 Å². The van der Waals surface area contributed by atoms with Crippen LogP contribution in [0.5, 0.6) is 5.75 Å². The average Bonchev–Trinajstić information content (AvgIpc) is 2.98. The van der Waals surface area contributed by atoms with Crippen molar-refractivity contribution in [3.05, 3.63) is 29.3 Å². The van der Waals surface area contributed by atoms with Crippen molar-refractivity contribution >= 4 is 11.8 Å². The van der Waals surface area contributed by atoms with Gasteiger partial charge in [0.2, 0.25) is 0 Å². The normalized spacial score (nSPS) is 23.8. The number of ketones is 1. The van der Waals surface area contributed by atoms with E-state index in [1.807, 2.05) is 6.07 Å². The number of piperidine rings is 1. The highest BCUT2D eigenvalue weighted by molar-refractivity contribution is 5.99. The van der Waals surface area contributed by atoms with Crippen molar-refractivity contribution in [1.82, 2.24) is 4.90 Å². The second-order valence-electron chi connectivity index (χ2n) is 6.58. The number of esters is 1. The van der Waals surface area contributed by atoms with E-state index in [-0.39, 0.29) is 11.8 Å². The smallest absolute Gasteiger partial charge is 0.317 e.